The number of methoxy groups -OCH3 is 1. The van der Waals surface area contributed by atoms with Gasteiger partial charge in [0.15, 0.2) is 0 Å². The van der Waals surface area contributed by atoms with E-state index >= 15 is 0 Å². The second kappa shape index (κ2) is 11.0. The van der Waals surface area contributed by atoms with Gasteiger partial charge in [-0.3, -0.25) is 15.1 Å². The minimum Gasteiger partial charge on any atom is -0.494 e. The van der Waals surface area contributed by atoms with E-state index in [1.54, 1.807) is 25.5 Å². The largest absolute Gasteiger partial charge is 0.494 e. The maximum Gasteiger partial charge on any atom is 0.307 e. The Hall–Kier alpha value is -4.60. The fourth-order valence-corrected chi connectivity index (χ4v) is 3.58. The van der Waals surface area contributed by atoms with Gasteiger partial charge in [-0.15, -0.1) is 0 Å². The molecule has 35 heavy (non-hydrogen) atoms. The monoisotopic (exact) mass is 476 g/mol. The molecule has 0 radical (unpaired) electrons. The quantitative estimate of drug-likeness (QED) is 0.265. The van der Waals surface area contributed by atoms with Crippen molar-refractivity contribution in [3.05, 3.63) is 93.2 Å². The lowest BCUT2D eigenvalue weighted by Gasteiger charge is -2.14. The van der Waals surface area contributed by atoms with Gasteiger partial charge in [-0.1, -0.05) is 24.3 Å². The first-order valence-electron chi connectivity index (χ1n) is 10.6. The van der Waals surface area contributed by atoms with Gasteiger partial charge in [0.2, 0.25) is 11.8 Å². The predicted octanol–water partition coefficient (Wildman–Crippen LogP) is 5.04. The number of anilines is 2. The number of rotatable bonds is 8. The molecule has 1 heterocycles. The number of nitrogens with zero attached hydrogens (tertiary/aromatic N) is 4. The molecule has 0 amide bonds. The Morgan fingerprint density at radius 2 is 2.06 bits per heavy atom. The van der Waals surface area contributed by atoms with Crippen molar-refractivity contribution in [2.75, 3.05) is 19.5 Å². The first-order valence-corrected chi connectivity index (χ1v) is 10.6. The summed E-state index contributed by atoms with van der Waals surface area (Å²) in [6, 6.07) is 9.70. The van der Waals surface area contributed by atoms with Gasteiger partial charge >= 0.3 is 5.69 Å². The number of halogens is 1. The van der Waals surface area contributed by atoms with Gasteiger partial charge in [-0.2, -0.15) is 4.39 Å². The van der Waals surface area contributed by atoms with E-state index in [2.05, 4.69) is 20.3 Å². The zero-order valence-electron chi connectivity index (χ0n) is 19.7. The van der Waals surface area contributed by atoms with Crippen LogP contribution in [0.2, 0.25) is 0 Å². The maximum atomic E-state index is 14.0. The van der Waals surface area contributed by atoms with Crippen LogP contribution in [0.25, 0.3) is 11.1 Å². The van der Waals surface area contributed by atoms with Crippen molar-refractivity contribution in [1.29, 1.82) is 0 Å². The molecule has 3 N–H and O–H groups in total. The molecular weight excluding hydrogens is 451 g/mol. The molecule has 0 atom stereocenters. The van der Waals surface area contributed by atoms with E-state index in [9.17, 15) is 14.5 Å². The van der Waals surface area contributed by atoms with Crippen LogP contribution in [0.15, 0.2) is 59.9 Å². The van der Waals surface area contributed by atoms with Crippen LogP contribution in [0.4, 0.5) is 21.7 Å². The van der Waals surface area contributed by atoms with Crippen molar-refractivity contribution in [2.45, 2.75) is 13.8 Å². The van der Waals surface area contributed by atoms with Gasteiger partial charge in [0, 0.05) is 48.9 Å². The first kappa shape index (κ1) is 25.0. The number of benzene rings is 2. The minimum absolute atomic E-state index is 0.0826. The van der Waals surface area contributed by atoms with E-state index in [1.165, 1.54) is 13.3 Å². The van der Waals surface area contributed by atoms with E-state index < -0.39 is 16.4 Å². The Morgan fingerprint density at radius 1 is 1.29 bits per heavy atom. The molecule has 0 unspecified atom stereocenters. The number of aryl methyl sites for hydroxylation is 1. The van der Waals surface area contributed by atoms with Crippen molar-refractivity contribution in [3.63, 3.8) is 0 Å². The first-order chi connectivity index (χ1) is 16.8. The number of nitro groups is 1. The zero-order valence-corrected chi connectivity index (χ0v) is 19.7. The average molecular weight is 477 g/mol. The fourth-order valence-electron chi connectivity index (χ4n) is 3.58. The molecule has 1 aromatic heterocycles. The third-order valence-electron chi connectivity index (χ3n) is 5.23. The molecule has 0 saturated heterocycles. The van der Waals surface area contributed by atoms with Crippen LogP contribution in [0.1, 0.15) is 29.3 Å². The summed E-state index contributed by atoms with van der Waals surface area (Å²) in [5.74, 6) is -0.748. The van der Waals surface area contributed by atoms with Crippen LogP contribution in [0.3, 0.4) is 0 Å². The van der Waals surface area contributed by atoms with E-state index in [0.29, 0.717) is 5.69 Å². The lowest BCUT2D eigenvalue weighted by atomic mass is 9.94. The van der Waals surface area contributed by atoms with Gasteiger partial charge in [0.25, 0.3) is 0 Å². The van der Waals surface area contributed by atoms with Crippen LogP contribution in [-0.4, -0.2) is 35.3 Å². The van der Waals surface area contributed by atoms with Crippen LogP contribution < -0.4 is 15.8 Å². The second-order valence-electron chi connectivity index (χ2n) is 7.39. The lowest BCUT2D eigenvalue weighted by Crippen LogP contribution is -2.04. The Labute approximate surface area is 202 Å². The Kier molecular flexibility index (Phi) is 7.88. The number of nitrogens with two attached hydrogens (primary N) is 1. The Bertz CT molecular complexity index is 1350. The molecule has 2 aromatic carbocycles. The third-order valence-corrected chi connectivity index (χ3v) is 5.23. The molecule has 0 aliphatic carbocycles. The van der Waals surface area contributed by atoms with E-state index in [-0.39, 0.29) is 17.4 Å². The van der Waals surface area contributed by atoms with Gasteiger partial charge in [0.05, 0.1) is 23.4 Å². The summed E-state index contributed by atoms with van der Waals surface area (Å²) < 4.78 is 19.1. The van der Waals surface area contributed by atoms with Gasteiger partial charge in [-0.25, -0.2) is 9.97 Å². The number of hydrogen-bond donors (Lipinski definition) is 2. The number of hydrogen-bond acceptors (Lipinski definition) is 8. The lowest BCUT2D eigenvalue weighted by molar-refractivity contribution is -0.387. The summed E-state index contributed by atoms with van der Waals surface area (Å²) in [5, 5.41) is 14.1. The smallest absolute Gasteiger partial charge is 0.307 e. The molecule has 0 fully saturated rings. The van der Waals surface area contributed by atoms with E-state index in [4.69, 9.17) is 10.5 Å². The van der Waals surface area contributed by atoms with Gasteiger partial charge in [0.1, 0.15) is 5.75 Å². The number of allylic oxidation sites excluding steroid dienone is 2. The summed E-state index contributed by atoms with van der Waals surface area (Å²) in [6.45, 7) is 3.89. The number of nitrogens with one attached hydrogen (secondary N) is 1. The van der Waals surface area contributed by atoms with Gasteiger partial charge < -0.3 is 15.8 Å². The second-order valence-corrected chi connectivity index (χ2v) is 7.39. The van der Waals surface area contributed by atoms with Crippen LogP contribution in [-0.2, 0) is 0 Å². The molecule has 0 saturated carbocycles. The summed E-state index contributed by atoms with van der Waals surface area (Å²) in [6.07, 6.45) is 6.70. The number of aromatic nitrogens is 2. The van der Waals surface area contributed by atoms with Crippen LogP contribution in [0, 0.1) is 22.9 Å². The molecule has 0 aliphatic rings. The molecular formula is C25H25FN6O3. The molecule has 0 aliphatic heterocycles. The SMILES string of the molecule is C/C=C(/c1ccnc(Nc2cc([N+](=O)[O-])c(F)cc2OC)n1)c1ccc(C(C=NC)=CN)cc1C. The highest BCUT2D eigenvalue weighted by Gasteiger charge is 2.20. The highest BCUT2D eigenvalue weighted by Crippen LogP contribution is 2.34. The molecule has 3 aromatic rings. The Morgan fingerprint density at radius 3 is 2.66 bits per heavy atom. The molecule has 3 rings (SSSR count). The summed E-state index contributed by atoms with van der Waals surface area (Å²) in [7, 11) is 3.02. The predicted molar refractivity (Wildman–Crippen MR) is 135 cm³/mol. The number of ether oxygens (including phenoxy) is 1. The zero-order chi connectivity index (χ0) is 25.5. The maximum absolute atomic E-state index is 14.0. The van der Waals surface area contributed by atoms with Crippen LogP contribution in [0.5, 0.6) is 5.75 Å². The topological polar surface area (TPSA) is 129 Å². The van der Waals surface area contributed by atoms with Crippen molar-refractivity contribution in [2.24, 2.45) is 10.7 Å². The normalized spacial score (nSPS) is 12.1. The van der Waals surface area contributed by atoms with Crippen molar-refractivity contribution in [1.82, 2.24) is 9.97 Å². The molecule has 180 valence electrons. The van der Waals surface area contributed by atoms with Crippen molar-refractivity contribution >= 4 is 34.7 Å². The highest BCUT2D eigenvalue weighted by atomic mass is 19.1. The minimum atomic E-state index is -1.000. The van der Waals surface area contributed by atoms with Crippen molar-refractivity contribution in [3.8, 4) is 5.75 Å². The number of aliphatic imine (C=N–C) groups is 1. The standard InChI is InChI=1S/C25H25FN6O3/c1-5-18(19-7-6-16(10-15(19)2)17(13-27)14-28-3)21-8-9-29-25(30-21)31-22-12-23(32(33)34)20(26)11-24(22)35-4/h5-14H,27H2,1-4H3,(H,29,30,31)/b17-13?,18-5+,28-14?. The van der Waals surface area contributed by atoms with E-state index in [1.807, 2.05) is 38.1 Å². The molecule has 0 spiro atoms. The average Bonchev–Trinajstić information content (AvgIpc) is 2.84. The number of nitro benzene ring substituents is 1. The summed E-state index contributed by atoms with van der Waals surface area (Å²) in [5.41, 5.74) is 10.4. The molecule has 9 nitrogen and oxygen atoms in total. The summed E-state index contributed by atoms with van der Waals surface area (Å²) >= 11 is 0. The fraction of sp³-hybridized carbons (Fsp3) is 0.160. The summed E-state index contributed by atoms with van der Waals surface area (Å²) in [4.78, 5) is 23.2. The van der Waals surface area contributed by atoms with E-state index in [0.717, 1.165) is 40.0 Å². The van der Waals surface area contributed by atoms with Crippen molar-refractivity contribution < 1.29 is 14.1 Å². The Balaban J connectivity index is 1.98. The highest BCUT2D eigenvalue weighted by molar-refractivity contribution is 6.09. The third kappa shape index (κ3) is 5.49. The van der Waals surface area contributed by atoms with Crippen LogP contribution >= 0.6 is 0 Å². The van der Waals surface area contributed by atoms with Gasteiger partial charge in [-0.05, 0) is 36.6 Å². The molecule has 10 heteroatoms. The molecule has 0 bridgehead atoms.